The van der Waals surface area contributed by atoms with Gasteiger partial charge in [-0.1, -0.05) is 24.3 Å². The molecule has 0 spiro atoms. The molecule has 0 bridgehead atoms. The predicted molar refractivity (Wildman–Crippen MR) is 69.3 cm³/mol. The summed E-state index contributed by atoms with van der Waals surface area (Å²) in [6, 6.07) is 8.36. The van der Waals surface area contributed by atoms with Crippen molar-refractivity contribution >= 4 is 11.8 Å². The first-order valence-corrected chi connectivity index (χ1v) is 7.03. The second-order valence-corrected chi connectivity index (χ2v) is 5.26. The van der Waals surface area contributed by atoms with Crippen molar-refractivity contribution in [2.75, 3.05) is 24.7 Å². The molecule has 0 amide bonds. The summed E-state index contributed by atoms with van der Waals surface area (Å²) in [5.41, 5.74) is 2.64. The number of benzene rings is 1. The van der Waals surface area contributed by atoms with Crippen LogP contribution in [0, 0.1) is 0 Å². The van der Waals surface area contributed by atoms with Gasteiger partial charge in [-0.05, 0) is 17.5 Å². The van der Waals surface area contributed by atoms with E-state index in [4.69, 9.17) is 9.84 Å². The topological polar surface area (TPSA) is 49.7 Å². The van der Waals surface area contributed by atoms with Crippen LogP contribution >= 0.6 is 11.8 Å². The lowest BCUT2D eigenvalue weighted by Gasteiger charge is -2.26. The van der Waals surface area contributed by atoms with E-state index in [0.29, 0.717) is 5.75 Å². The number of aliphatic hydroxyl groups is 2. The van der Waals surface area contributed by atoms with Crippen molar-refractivity contribution in [2.45, 2.75) is 18.6 Å². The third-order valence-electron chi connectivity index (χ3n) is 2.88. The summed E-state index contributed by atoms with van der Waals surface area (Å²) in [6.45, 7) is 0.597. The Labute approximate surface area is 106 Å². The maximum Gasteiger partial charge on any atom is 0.0918 e. The average molecular weight is 254 g/mol. The van der Waals surface area contributed by atoms with Crippen LogP contribution in [0.5, 0.6) is 0 Å². The molecule has 0 radical (unpaired) electrons. The minimum absolute atomic E-state index is 0.121. The second-order valence-electron chi connectivity index (χ2n) is 4.18. The molecule has 0 fully saturated rings. The molecule has 1 aliphatic rings. The molecular formula is C13H18O3S. The summed E-state index contributed by atoms with van der Waals surface area (Å²) in [5, 5.41) is 18.0. The van der Waals surface area contributed by atoms with Crippen LogP contribution in [0.1, 0.15) is 17.2 Å². The first-order chi connectivity index (χ1) is 8.31. The zero-order valence-electron chi connectivity index (χ0n) is 9.71. The maximum atomic E-state index is 9.27. The molecule has 0 saturated carbocycles. The standard InChI is InChI=1S/C13H18O3S/c14-7-11(15)8-17-9-13-12-4-2-1-3-10(12)5-6-16-13/h1-4,11,13-15H,5-9H2. The molecule has 2 unspecified atom stereocenters. The predicted octanol–water partition coefficient (Wildman–Crippen LogP) is 1.39. The van der Waals surface area contributed by atoms with Gasteiger partial charge < -0.3 is 14.9 Å². The first kappa shape index (κ1) is 12.9. The molecule has 1 aliphatic heterocycles. The Hall–Kier alpha value is -0.550. The zero-order chi connectivity index (χ0) is 12.1. The molecule has 1 heterocycles. The van der Waals surface area contributed by atoms with Crippen LogP contribution in [0.4, 0.5) is 0 Å². The van der Waals surface area contributed by atoms with Gasteiger partial charge in [-0.3, -0.25) is 0 Å². The zero-order valence-corrected chi connectivity index (χ0v) is 10.5. The van der Waals surface area contributed by atoms with Crippen molar-refractivity contribution in [3.63, 3.8) is 0 Å². The van der Waals surface area contributed by atoms with E-state index in [0.717, 1.165) is 18.8 Å². The van der Waals surface area contributed by atoms with Gasteiger partial charge in [0.1, 0.15) is 0 Å². The molecular weight excluding hydrogens is 236 g/mol. The van der Waals surface area contributed by atoms with E-state index in [9.17, 15) is 5.11 Å². The molecule has 0 saturated heterocycles. The Kier molecular flexibility index (Phi) is 4.86. The van der Waals surface area contributed by atoms with Crippen LogP contribution in [-0.4, -0.2) is 41.0 Å². The Bertz CT molecular complexity index is 356. The quantitative estimate of drug-likeness (QED) is 0.833. The van der Waals surface area contributed by atoms with E-state index in [1.54, 1.807) is 11.8 Å². The fraction of sp³-hybridized carbons (Fsp3) is 0.538. The lowest BCUT2D eigenvalue weighted by atomic mass is 9.99. The van der Waals surface area contributed by atoms with Gasteiger partial charge in [0.05, 0.1) is 25.4 Å². The summed E-state index contributed by atoms with van der Waals surface area (Å²) in [4.78, 5) is 0. The van der Waals surface area contributed by atoms with Crippen molar-refractivity contribution in [3.05, 3.63) is 35.4 Å². The third-order valence-corrected chi connectivity index (χ3v) is 4.04. The highest BCUT2D eigenvalue weighted by atomic mass is 32.2. The smallest absolute Gasteiger partial charge is 0.0918 e. The molecule has 3 nitrogen and oxygen atoms in total. The van der Waals surface area contributed by atoms with Crippen LogP contribution in [0.15, 0.2) is 24.3 Å². The third kappa shape index (κ3) is 3.45. The van der Waals surface area contributed by atoms with Crippen molar-refractivity contribution in [1.82, 2.24) is 0 Å². The van der Waals surface area contributed by atoms with Crippen molar-refractivity contribution in [3.8, 4) is 0 Å². The molecule has 0 aromatic heterocycles. The monoisotopic (exact) mass is 254 g/mol. The maximum absolute atomic E-state index is 9.27. The van der Waals surface area contributed by atoms with Crippen molar-refractivity contribution in [2.24, 2.45) is 0 Å². The molecule has 1 aromatic carbocycles. The Morgan fingerprint density at radius 1 is 1.41 bits per heavy atom. The number of hydrogen-bond acceptors (Lipinski definition) is 4. The molecule has 1 aromatic rings. The SMILES string of the molecule is OCC(O)CSCC1OCCc2ccccc21. The van der Waals surface area contributed by atoms with Crippen LogP contribution in [0.2, 0.25) is 0 Å². The summed E-state index contributed by atoms with van der Waals surface area (Å²) in [6.07, 6.45) is 0.478. The average Bonchev–Trinajstić information content (AvgIpc) is 2.39. The Balaban J connectivity index is 1.90. The summed E-state index contributed by atoms with van der Waals surface area (Å²) in [5.74, 6) is 1.38. The Morgan fingerprint density at radius 2 is 2.24 bits per heavy atom. The molecule has 2 rings (SSSR count). The van der Waals surface area contributed by atoms with Gasteiger partial charge in [-0.15, -0.1) is 0 Å². The number of ether oxygens (including phenoxy) is 1. The van der Waals surface area contributed by atoms with Crippen LogP contribution < -0.4 is 0 Å². The van der Waals surface area contributed by atoms with E-state index in [1.165, 1.54) is 11.1 Å². The number of rotatable bonds is 5. The second kappa shape index (κ2) is 6.40. The molecule has 2 atom stereocenters. The molecule has 2 N–H and O–H groups in total. The van der Waals surface area contributed by atoms with Crippen LogP contribution in [-0.2, 0) is 11.2 Å². The Morgan fingerprint density at radius 3 is 3.06 bits per heavy atom. The summed E-state index contributed by atoms with van der Waals surface area (Å²) in [7, 11) is 0. The van der Waals surface area contributed by atoms with E-state index < -0.39 is 6.10 Å². The van der Waals surface area contributed by atoms with E-state index in [1.807, 2.05) is 6.07 Å². The van der Waals surface area contributed by atoms with Crippen molar-refractivity contribution in [1.29, 1.82) is 0 Å². The fourth-order valence-electron chi connectivity index (χ4n) is 1.98. The van der Waals surface area contributed by atoms with Gasteiger partial charge in [0.25, 0.3) is 0 Å². The number of thioether (sulfide) groups is 1. The molecule has 17 heavy (non-hydrogen) atoms. The van der Waals surface area contributed by atoms with Gasteiger partial charge in [0.2, 0.25) is 0 Å². The highest BCUT2D eigenvalue weighted by Gasteiger charge is 2.20. The number of fused-ring (bicyclic) bond motifs is 1. The molecule has 4 heteroatoms. The van der Waals surface area contributed by atoms with Gasteiger partial charge in [-0.2, -0.15) is 11.8 Å². The minimum atomic E-state index is -0.626. The van der Waals surface area contributed by atoms with E-state index in [2.05, 4.69) is 18.2 Å². The van der Waals surface area contributed by atoms with Gasteiger partial charge in [-0.25, -0.2) is 0 Å². The lowest BCUT2D eigenvalue weighted by Crippen LogP contribution is -2.20. The number of hydrogen-bond donors (Lipinski definition) is 2. The van der Waals surface area contributed by atoms with Gasteiger partial charge >= 0.3 is 0 Å². The lowest BCUT2D eigenvalue weighted by molar-refractivity contribution is 0.0585. The summed E-state index contributed by atoms with van der Waals surface area (Å²) >= 11 is 1.62. The highest BCUT2D eigenvalue weighted by Crippen LogP contribution is 2.29. The largest absolute Gasteiger partial charge is 0.394 e. The first-order valence-electron chi connectivity index (χ1n) is 5.87. The van der Waals surface area contributed by atoms with Crippen molar-refractivity contribution < 1.29 is 14.9 Å². The molecule has 0 aliphatic carbocycles. The highest BCUT2D eigenvalue weighted by molar-refractivity contribution is 7.99. The van der Waals surface area contributed by atoms with Crippen LogP contribution in [0.3, 0.4) is 0 Å². The molecule has 94 valence electrons. The number of aliphatic hydroxyl groups excluding tert-OH is 2. The minimum Gasteiger partial charge on any atom is -0.394 e. The van der Waals surface area contributed by atoms with E-state index in [-0.39, 0.29) is 12.7 Å². The van der Waals surface area contributed by atoms with Gasteiger partial charge in [0.15, 0.2) is 0 Å². The summed E-state index contributed by atoms with van der Waals surface area (Å²) < 4.78 is 5.75. The normalized spacial score (nSPS) is 20.9. The van der Waals surface area contributed by atoms with E-state index >= 15 is 0 Å². The van der Waals surface area contributed by atoms with Crippen LogP contribution in [0.25, 0.3) is 0 Å². The van der Waals surface area contributed by atoms with Gasteiger partial charge in [0, 0.05) is 11.5 Å². The fourth-order valence-corrected chi connectivity index (χ4v) is 2.98.